The highest BCUT2D eigenvalue weighted by Crippen LogP contribution is 2.30. The second-order valence-electron chi connectivity index (χ2n) is 4.24. The highest BCUT2D eigenvalue weighted by molar-refractivity contribution is 5.98. The van der Waals surface area contributed by atoms with E-state index in [-0.39, 0.29) is 16.8 Å². The summed E-state index contributed by atoms with van der Waals surface area (Å²) in [7, 11) is 0. The Bertz CT molecular complexity index is 856. The van der Waals surface area contributed by atoms with E-state index in [9.17, 15) is 14.9 Å². The normalized spacial score (nSPS) is 10.6. The molecule has 0 atom stereocenters. The zero-order chi connectivity index (χ0) is 14.1. The molecule has 3 aromatic rings. The van der Waals surface area contributed by atoms with E-state index >= 15 is 0 Å². The first kappa shape index (κ1) is 12.0. The Morgan fingerprint density at radius 2 is 1.90 bits per heavy atom. The summed E-state index contributed by atoms with van der Waals surface area (Å²) in [4.78, 5) is 28.8. The van der Waals surface area contributed by atoms with Gasteiger partial charge >= 0.3 is 0 Å². The van der Waals surface area contributed by atoms with Crippen molar-refractivity contribution in [3.8, 4) is 11.1 Å². The SMILES string of the molecule is O=c1cc(-c2ccncc2)c2cccc([N+](=O)[O-])c2[nH]1. The molecule has 0 aliphatic heterocycles. The molecular weight excluding hydrogens is 258 g/mol. The molecule has 0 unspecified atom stereocenters. The van der Waals surface area contributed by atoms with Crippen molar-refractivity contribution in [3.63, 3.8) is 0 Å². The number of nitrogens with zero attached hydrogens (tertiary/aromatic N) is 2. The van der Waals surface area contributed by atoms with Crippen molar-refractivity contribution in [2.75, 3.05) is 0 Å². The van der Waals surface area contributed by atoms with Crippen LogP contribution in [-0.4, -0.2) is 14.9 Å². The number of nitro benzene ring substituents is 1. The quantitative estimate of drug-likeness (QED) is 0.570. The maximum atomic E-state index is 11.8. The van der Waals surface area contributed by atoms with Gasteiger partial charge in [0.25, 0.3) is 5.69 Å². The minimum absolute atomic E-state index is 0.115. The van der Waals surface area contributed by atoms with Gasteiger partial charge in [-0.25, -0.2) is 0 Å². The smallest absolute Gasteiger partial charge is 0.293 e. The molecule has 0 aliphatic carbocycles. The van der Waals surface area contributed by atoms with Crippen LogP contribution in [0.3, 0.4) is 0 Å². The number of benzene rings is 1. The second kappa shape index (κ2) is 4.58. The lowest BCUT2D eigenvalue weighted by atomic mass is 10.0. The molecule has 0 fully saturated rings. The van der Waals surface area contributed by atoms with Crippen molar-refractivity contribution >= 4 is 16.6 Å². The molecule has 1 aromatic carbocycles. The monoisotopic (exact) mass is 267 g/mol. The first-order valence-corrected chi connectivity index (χ1v) is 5.87. The number of fused-ring (bicyclic) bond motifs is 1. The highest BCUT2D eigenvalue weighted by atomic mass is 16.6. The van der Waals surface area contributed by atoms with E-state index in [1.54, 1.807) is 36.7 Å². The third-order valence-corrected chi connectivity index (χ3v) is 3.04. The zero-order valence-corrected chi connectivity index (χ0v) is 10.2. The van der Waals surface area contributed by atoms with E-state index in [0.717, 1.165) is 5.56 Å². The van der Waals surface area contributed by atoms with Gasteiger partial charge < -0.3 is 4.98 Å². The summed E-state index contributed by atoms with van der Waals surface area (Å²) in [6, 6.07) is 9.66. The van der Waals surface area contributed by atoms with Crippen LogP contribution in [0.1, 0.15) is 0 Å². The number of aromatic nitrogens is 2. The van der Waals surface area contributed by atoms with Crippen LogP contribution in [0.15, 0.2) is 53.6 Å². The average Bonchev–Trinajstić information content (AvgIpc) is 2.46. The summed E-state index contributed by atoms with van der Waals surface area (Å²) < 4.78 is 0. The predicted octanol–water partition coefficient (Wildman–Crippen LogP) is 2.50. The fraction of sp³-hybridized carbons (Fsp3) is 0. The summed E-state index contributed by atoms with van der Waals surface area (Å²) in [5.74, 6) is 0. The van der Waals surface area contributed by atoms with Gasteiger partial charge in [0.2, 0.25) is 5.56 Å². The van der Waals surface area contributed by atoms with Gasteiger partial charge in [-0.05, 0) is 23.3 Å². The minimum Gasteiger partial charge on any atom is -0.316 e. The Hall–Kier alpha value is -3.02. The molecule has 3 rings (SSSR count). The van der Waals surface area contributed by atoms with E-state index in [0.29, 0.717) is 10.9 Å². The summed E-state index contributed by atoms with van der Waals surface area (Å²) in [5.41, 5.74) is 1.18. The van der Waals surface area contributed by atoms with Crippen LogP contribution in [0.25, 0.3) is 22.0 Å². The number of rotatable bonds is 2. The van der Waals surface area contributed by atoms with E-state index in [4.69, 9.17) is 0 Å². The van der Waals surface area contributed by atoms with Crippen LogP contribution < -0.4 is 5.56 Å². The van der Waals surface area contributed by atoms with Crippen LogP contribution in [0.5, 0.6) is 0 Å². The molecule has 6 nitrogen and oxygen atoms in total. The zero-order valence-electron chi connectivity index (χ0n) is 10.2. The Balaban J connectivity index is 2.43. The third kappa shape index (κ3) is 1.93. The number of nitro groups is 1. The summed E-state index contributed by atoms with van der Waals surface area (Å²) in [6.45, 7) is 0. The molecule has 1 N–H and O–H groups in total. The average molecular weight is 267 g/mol. The van der Waals surface area contributed by atoms with E-state index in [2.05, 4.69) is 9.97 Å². The summed E-state index contributed by atoms with van der Waals surface area (Å²) >= 11 is 0. The van der Waals surface area contributed by atoms with Gasteiger partial charge in [0.15, 0.2) is 0 Å². The van der Waals surface area contributed by atoms with Crippen LogP contribution in [0.2, 0.25) is 0 Å². The minimum atomic E-state index is -0.505. The lowest BCUT2D eigenvalue weighted by Gasteiger charge is -2.06. The van der Waals surface area contributed by atoms with Gasteiger partial charge in [0, 0.05) is 29.9 Å². The fourth-order valence-electron chi connectivity index (χ4n) is 2.19. The Morgan fingerprint density at radius 1 is 1.15 bits per heavy atom. The topological polar surface area (TPSA) is 88.9 Å². The van der Waals surface area contributed by atoms with Gasteiger partial charge in [-0.1, -0.05) is 12.1 Å². The Labute approximate surface area is 112 Å². The van der Waals surface area contributed by atoms with Gasteiger partial charge in [-0.15, -0.1) is 0 Å². The second-order valence-corrected chi connectivity index (χ2v) is 4.24. The van der Waals surface area contributed by atoms with Crippen molar-refractivity contribution in [3.05, 3.63) is 69.3 Å². The highest BCUT2D eigenvalue weighted by Gasteiger charge is 2.15. The number of hydrogen-bond acceptors (Lipinski definition) is 4. The van der Waals surface area contributed by atoms with Gasteiger partial charge in [0.1, 0.15) is 5.52 Å². The van der Waals surface area contributed by atoms with Crippen LogP contribution in [0.4, 0.5) is 5.69 Å². The van der Waals surface area contributed by atoms with Gasteiger partial charge in [-0.2, -0.15) is 0 Å². The Morgan fingerprint density at radius 3 is 2.60 bits per heavy atom. The van der Waals surface area contributed by atoms with E-state index in [1.165, 1.54) is 12.1 Å². The van der Waals surface area contributed by atoms with Crippen molar-refractivity contribution < 1.29 is 4.92 Å². The third-order valence-electron chi connectivity index (χ3n) is 3.04. The molecular formula is C14H9N3O3. The summed E-state index contributed by atoms with van der Waals surface area (Å²) in [5, 5.41) is 11.7. The van der Waals surface area contributed by atoms with Crippen LogP contribution >= 0.6 is 0 Å². The fourth-order valence-corrected chi connectivity index (χ4v) is 2.19. The first-order chi connectivity index (χ1) is 9.66. The number of pyridine rings is 2. The molecule has 0 saturated carbocycles. The molecule has 0 aliphatic rings. The van der Waals surface area contributed by atoms with E-state index in [1.807, 2.05) is 0 Å². The van der Waals surface area contributed by atoms with Gasteiger partial charge in [-0.3, -0.25) is 19.9 Å². The van der Waals surface area contributed by atoms with Crippen molar-refractivity contribution in [2.24, 2.45) is 0 Å². The first-order valence-electron chi connectivity index (χ1n) is 5.87. The Kier molecular flexibility index (Phi) is 2.76. The largest absolute Gasteiger partial charge is 0.316 e. The van der Waals surface area contributed by atoms with Gasteiger partial charge in [0.05, 0.1) is 4.92 Å². The summed E-state index contributed by atoms with van der Waals surface area (Å²) in [6.07, 6.45) is 3.22. The predicted molar refractivity (Wildman–Crippen MR) is 74.5 cm³/mol. The van der Waals surface area contributed by atoms with Crippen molar-refractivity contribution in [1.29, 1.82) is 0 Å². The number of aromatic amines is 1. The molecule has 0 radical (unpaired) electrons. The molecule has 2 heterocycles. The van der Waals surface area contributed by atoms with Crippen LogP contribution in [-0.2, 0) is 0 Å². The maximum absolute atomic E-state index is 11.8. The molecule has 98 valence electrons. The maximum Gasteiger partial charge on any atom is 0.293 e. The molecule has 0 saturated heterocycles. The van der Waals surface area contributed by atoms with E-state index < -0.39 is 4.92 Å². The number of nitrogens with one attached hydrogen (secondary N) is 1. The number of non-ortho nitro benzene ring substituents is 1. The number of hydrogen-bond donors (Lipinski definition) is 1. The standard InChI is InChI=1S/C14H9N3O3/c18-13-8-11(9-4-6-15-7-5-9)10-2-1-3-12(17(19)20)14(10)16-13/h1-8H,(H,16,18). The molecule has 0 amide bonds. The number of para-hydroxylation sites is 1. The molecule has 20 heavy (non-hydrogen) atoms. The van der Waals surface area contributed by atoms with Crippen molar-refractivity contribution in [2.45, 2.75) is 0 Å². The molecule has 2 aromatic heterocycles. The molecule has 0 spiro atoms. The molecule has 0 bridgehead atoms. The lowest BCUT2D eigenvalue weighted by molar-refractivity contribution is -0.383. The van der Waals surface area contributed by atoms with Crippen LogP contribution in [0, 0.1) is 10.1 Å². The molecule has 6 heteroatoms. The van der Waals surface area contributed by atoms with Crippen molar-refractivity contribution in [1.82, 2.24) is 9.97 Å². The number of H-pyrrole nitrogens is 1. The lowest BCUT2D eigenvalue weighted by Crippen LogP contribution is -2.06.